The lowest BCUT2D eigenvalue weighted by atomic mass is 9.83. The predicted molar refractivity (Wildman–Crippen MR) is 68.8 cm³/mol. The van der Waals surface area contributed by atoms with E-state index in [-0.39, 0.29) is 0 Å². The molecule has 2 aromatic carbocycles. The molecule has 80 valence electrons. The second-order valence-corrected chi connectivity index (χ2v) is 4.77. The zero-order valence-corrected chi connectivity index (χ0v) is 9.88. The maximum absolute atomic E-state index is 2.33. The molecule has 2 aromatic rings. The Bertz CT molecular complexity index is 550. The quantitative estimate of drug-likeness (QED) is 0.612. The van der Waals surface area contributed by atoms with Crippen LogP contribution in [-0.4, -0.2) is 0 Å². The molecule has 0 saturated carbocycles. The van der Waals surface area contributed by atoms with Crippen molar-refractivity contribution >= 4 is 0 Å². The van der Waals surface area contributed by atoms with Crippen LogP contribution in [-0.2, 0) is 12.8 Å². The van der Waals surface area contributed by atoms with Crippen molar-refractivity contribution in [2.24, 2.45) is 0 Å². The molecule has 0 aromatic heterocycles. The lowest BCUT2D eigenvalue weighted by molar-refractivity contribution is 0.937. The summed E-state index contributed by atoms with van der Waals surface area (Å²) in [6.07, 6.45) is 2.37. The van der Waals surface area contributed by atoms with E-state index in [4.69, 9.17) is 0 Å². The molecule has 0 radical (unpaired) electrons. The molecule has 0 bridgehead atoms. The summed E-state index contributed by atoms with van der Waals surface area (Å²) in [5, 5.41) is 0. The van der Waals surface area contributed by atoms with Crippen LogP contribution in [0.2, 0.25) is 0 Å². The SMILES string of the molecule is Cc1ccc2c(c1)-c1c(C)cccc1CC2. The Morgan fingerprint density at radius 3 is 2.56 bits per heavy atom. The number of hydrogen-bond donors (Lipinski definition) is 0. The summed E-state index contributed by atoms with van der Waals surface area (Å²) < 4.78 is 0. The summed E-state index contributed by atoms with van der Waals surface area (Å²) in [5.41, 5.74) is 8.72. The van der Waals surface area contributed by atoms with Crippen molar-refractivity contribution in [2.45, 2.75) is 26.7 Å². The second-order valence-electron chi connectivity index (χ2n) is 4.77. The Morgan fingerprint density at radius 1 is 0.875 bits per heavy atom. The van der Waals surface area contributed by atoms with Gasteiger partial charge in [-0.3, -0.25) is 0 Å². The Morgan fingerprint density at radius 2 is 1.69 bits per heavy atom. The maximum Gasteiger partial charge on any atom is -0.0120 e. The van der Waals surface area contributed by atoms with Gasteiger partial charge in [-0.25, -0.2) is 0 Å². The van der Waals surface area contributed by atoms with Gasteiger partial charge in [0.2, 0.25) is 0 Å². The number of rotatable bonds is 0. The van der Waals surface area contributed by atoms with E-state index in [1.807, 2.05) is 0 Å². The van der Waals surface area contributed by atoms with E-state index in [2.05, 4.69) is 50.2 Å². The van der Waals surface area contributed by atoms with Crippen LogP contribution in [0, 0.1) is 13.8 Å². The molecule has 0 heteroatoms. The fourth-order valence-electron chi connectivity index (χ4n) is 2.73. The average Bonchev–Trinajstić information content (AvgIpc) is 2.28. The van der Waals surface area contributed by atoms with Gasteiger partial charge in [0.25, 0.3) is 0 Å². The normalized spacial score (nSPS) is 13.1. The summed E-state index contributed by atoms with van der Waals surface area (Å²) in [4.78, 5) is 0. The van der Waals surface area contributed by atoms with Crippen molar-refractivity contribution in [1.29, 1.82) is 0 Å². The largest absolute Gasteiger partial charge is 0.0617 e. The molecule has 16 heavy (non-hydrogen) atoms. The fourth-order valence-corrected chi connectivity index (χ4v) is 2.73. The van der Waals surface area contributed by atoms with Crippen molar-refractivity contribution in [3.63, 3.8) is 0 Å². The number of hydrogen-bond acceptors (Lipinski definition) is 0. The molecule has 0 saturated heterocycles. The zero-order chi connectivity index (χ0) is 11.1. The Hall–Kier alpha value is -1.56. The second kappa shape index (κ2) is 3.48. The van der Waals surface area contributed by atoms with Gasteiger partial charge in [-0.05, 0) is 54.5 Å². The third-order valence-corrected chi connectivity index (χ3v) is 3.56. The number of benzene rings is 2. The zero-order valence-electron chi connectivity index (χ0n) is 9.88. The standard InChI is InChI=1S/C16H16/c1-11-6-7-13-8-9-14-5-3-4-12(2)16(14)15(13)10-11/h3-7,10H,8-9H2,1-2H3. The molecule has 0 aliphatic heterocycles. The van der Waals surface area contributed by atoms with Gasteiger partial charge in [0.05, 0.1) is 0 Å². The summed E-state index contributed by atoms with van der Waals surface area (Å²) in [6, 6.07) is 13.5. The van der Waals surface area contributed by atoms with Gasteiger partial charge in [0.1, 0.15) is 0 Å². The molecule has 0 N–H and O–H groups in total. The van der Waals surface area contributed by atoms with E-state index in [9.17, 15) is 0 Å². The first-order valence-electron chi connectivity index (χ1n) is 5.94. The van der Waals surface area contributed by atoms with Crippen molar-refractivity contribution < 1.29 is 0 Å². The molecule has 0 spiro atoms. The fraction of sp³-hybridized carbons (Fsp3) is 0.250. The molecular weight excluding hydrogens is 192 g/mol. The van der Waals surface area contributed by atoms with Crippen LogP contribution in [0.4, 0.5) is 0 Å². The lowest BCUT2D eigenvalue weighted by Gasteiger charge is -2.22. The van der Waals surface area contributed by atoms with E-state index >= 15 is 0 Å². The van der Waals surface area contributed by atoms with Crippen LogP contribution in [0.25, 0.3) is 11.1 Å². The van der Waals surface area contributed by atoms with Crippen molar-refractivity contribution in [1.82, 2.24) is 0 Å². The summed E-state index contributed by atoms with van der Waals surface area (Å²) >= 11 is 0. The van der Waals surface area contributed by atoms with E-state index in [0.29, 0.717) is 0 Å². The third kappa shape index (κ3) is 1.37. The molecule has 0 fully saturated rings. The first kappa shape index (κ1) is 9.65. The van der Waals surface area contributed by atoms with Crippen LogP contribution >= 0.6 is 0 Å². The van der Waals surface area contributed by atoms with Gasteiger partial charge in [-0.1, -0.05) is 42.0 Å². The summed E-state index contributed by atoms with van der Waals surface area (Å²) in [7, 11) is 0. The molecule has 0 heterocycles. The Labute approximate surface area is 96.9 Å². The third-order valence-electron chi connectivity index (χ3n) is 3.56. The minimum absolute atomic E-state index is 1.19. The number of aryl methyl sites for hydroxylation is 4. The lowest BCUT2D eigenvalue weighted by Crippen LogP contribution is -2.05. The van der Waals surface area contributed by atoms with Gasteiger partial charge in [0, 0.05) is 0 Å². The average molecular weight is 208 g/mol. The summed E-state index contributed by atoms with van der Waals surface area (Å²) in [5.74, 6) is 0. The highest BCUT2D eigenvalue weighted by Crippen LogP contribution is 2.36. The van der Waals surface area contributed by atoms with Crippen LogP contribution in [0.3, 0.4) is 0 Å². The molecule has 0 nitrogen and oxygen atoms in total. The minimum atomic E-state index is 1.19. The van der Waals surface area contributed by atoms with Crippen LogP contribution in [0.15, 0.2) is 36.4 Å². The molecule has 1 aliphatic rings. The van der Waals surface area contributed by atoms with E-state index in [0.717, 1.165) is 0 Å². The van der Waals surface area contributed by atoms with Crippen molar-refractivity contribution in [3.05, 3.63) is 58.7 Å². The van der Waals surface area contributed by atoms with Gasteiger partial charge >= 0.3 is 0 Å². The molecule has 0 unspecified atom stereocenters. The van der Waals surface area contributed by atoms with E-state index in [1.165, 1.54) is 46.2 Å². The number of fused-ring (bicyclic) bond motifs is 3. The maximum atomic E-state index is 2.33. The first-order valence-corrected chi connectivity index (χ1v) is 5.94. The van der Waals surface area contributed by atoms with E-state index in [1.54, 1.807) is 0 Å². The van der Waals surface area contributed by atoms with Gasteiger partial charge in [-0.2, -0.15) is 0 Å². The molecule has 3 rings (SSSR count). The molecule has 0 amide bonds. The highest BCUT2D eigenvalue weighted by Gasteiger charge is 2.17. The highest BCUT2D eigenvalue weighted by atomic mass is 14.2. The van der Waals surface area contributed by atoms with Crippen LogP contribution in [0.5, 0.6) is 0 Å². The highest BCUT2D eigenvalue weighted by molar-refractivity contribution is 5.76. The van der Waals surface area contributed by atoms with Gasteiger partial charge in [0.15, 0.2) is 0 Å². The molecule has 1 aliphatic carbocycles. The summed E-state index contributed by atoms with van der Waals surface area (Å²) in [6.45, 7) is 4.39. The predicted octanol–water partition coefficient (Wildman–Crippen LogP) is 4.07. The Kier molecular flexibility index (Phi) is 2.10. The Balaban J connectivity index is 2.32. The van der Waals surface area contributed by atoms with Gasteiger partial charge in [-0.15, -0.1) is 0 Å². The van der Waals surface area contributed by atoms with Gasteiger partial charge < -0.3 is 0 Å². The monoisotopic (exact) mass is 208 g/mol. The van der Waals surface area contributed by atoms with E-state index < -0.39 is 0 Å². The van der Waals surface area contributed by atoms with Crippen molar-refractivity contribution in [2.75, 3.05) is 0 Å². The molecular formula is C16H16. The van der Waals surface area contributed by atoms with Crippen molar-refractivity contribution in [3.8, 4) is 11.1 Å². The smallest absolute Gasteiger partial charge is 0.0120 e. The van der Waals surface area contributed by atoms with Crippen LogP contribution < -0.4 is 0 Å². The first-order chi connectivity index (χ1) is 7.75. The topological polar surface area (TPSA) is 0 Å². The van der Waals surface area contributed by atoms with Crippen LogP contribution in [0.1, 0.15) is 22.3 Å². The molecule has 0 atom stereocenters. The minimum Gasteiger partial charge on any atom is -0.0617 e.